The number of hydrogen-bond donors (Lipinski definition) is 1. The van der Waals surface area contributed by atoms with Crippen molar-refractivity contribution in [3.63, 3.8) is 0 Å². The van der Waals surface area contributed by atoms with Crippen LogP contribution in [-0.4, -0.2) is 11.5 Å². The Labute approximate surface area is 90.0 Å². The second kappa shape index (κ2) is 5.78. The summed E-state index contributed by atoms with van der Waals surface area (Å²) in [6.07, 6.45) is 3.70. The van der Waals surface area contributed by atoms with Gasteiger partial charge in [0, 0.05) is 31.0 Å². The zero-order chi connectivity index (χ0) is 10.4. The Morgan fingerprint density at radius 1 is 1.64 bits per heavy atom. The lowest BCUT2D eigenvalue weighted by atomic mass is 10.1. The predicted molar refractivity (Wildman–Crippen MR) is 60.3 cm³/mol. The van der Waals surface area contributed by atoms with Gasteiger partial charge in [0.25, 0.3) is 0 Å². The fraction of sp³-hybridized carbons (Fsp3) is 0.364. The van der Waals surface area contributed by atoms with Crippen LogP contribution >= 0.6 is 11.6 Å². The van der Waals surface area contributed by atoms with Crippen molar-refractivity contribution in [2.45, 2.75) is 20.4 Å². The molecule has 0 amide bonds. The fourth-order valence-corrected chi connectivity index (χ4v) is 1.19. The second-order valence-electron chi connectivity index (χ2n) is 3.36. The van der Waals surface area contributed by atoms with Crippen LogP contribution in [0.2, 0.25) is 0 Å². The van der Waals surface area contributed by atoms with Crippen molar-refractivity contribution in [2.75, 3.05) is 6.54 Å². The summed E-state index contributed by atoms with van der Waals surface area (Å²) in [7, 11) is 0. The maximum absolute atomic E-state index is 5.55. The number of nitrogens with one attached hydrogen (secondary N) is 1. The second-order valence-corrected chi connectivity index (χ2v) is 3.58. The van der Waals surface area contributed by atoms with Crippen LogP contribution in [0, 0.1) is 6.92 Å². The zero-order valence-electron chi connectivity index (χ0n) is 8.55. The first-order valence-corrected chi connectivity index (χ1v) is 5.03. The van der Waals surface area contributed by atoms with Crippen molar-refractivity contribution in [1.82, 2.24) is 10.3 Å². The van der Waals surface area contributed by atoms with E-state index in [-0.39, 0.29) is 0 Å². The molecule has 0 aliphatic rings. The van der Waals surface area contributed by atoms with E-state index in [2.05, 4.69) is 17.2 Å². The topological polar surface area (TPSA) is 24.9 Å². The summed E-state index contributed by atoms with van der Waals surface area (Å²) in [5, 5.41) is 3.30. The lowest BCUT2D eigenvalue weighted by Gasteiger charge is -2.06. The van der Waals surface area contributed by atoms with Crippen LogP contribution in [0.4, 0.5) is 0 Å². The van der Waals surface area contributed by atoms with Gasteiger partial charge in [-0.2, -0.15) is 0 Å². The average Bonchev–Trinajstić information content (AvgIpc) is 2.20. The summed E-state index contributed by atoms with van der Waals surface area (Å²) in [6, 6.07) is 2.02. The molecule has 1 N–H and O–H groups in total. The third-order valence-electron chi connectivity index (χ3n) is 2.05. The number of aryl methyl sites for hydroxylation is 1. The summed E-state index contributed by atoms with van der Waals surface area (Å²) in [5.41, 5.74) is 5.23. The molecule has 76 valence electrons. The minimum absolute atomic E-state index is 0.817. The number of hydrogen-bond acceptors (Lipinski definition) is 2. The van der Waals surface area contributed by atoms with E-state index in [0.29, 0.717) is 0 Å². The summed E-state index contributed by atoms with van der Waals surface area (Å²) in [4.78, 5) is 4.08. The van der Waals surface area contributed by atoms with Crippen LogP contribution in [0.1, 0.15) is 18.1 Å². The molecular weight excluding hydrogens is 196 g/mol. The van der Waals surface area contributed by atoms with Gasteiger partial charge in [-0.3, -0.25) is 4.98 Å². The van der Waals surface area contributed by atoms with E-state index < -0.39 is 0 Å². The van der Waals surface area contributed by atoms with Gasteiger partial charge in [-0.25, -0.2) is 0 Å². The monoisotopic (exact) mass is 210 g/mol. The molecule has 1 heterocycles. The van der Waals surface area contributed by atoms with Gasteiger partial charge in [0.15, 0.2) is 0 Å². The minimum atomic E-state index is 0.817. The number of halogens is 1. The predicted octanol–water partition coefficient (Wildman–Crippen LogP) is 2.62. The van der Waals surface area contributed by atoms with E-state index in [1.165, 1.54) is 11.1 Å². The average molecular weight is 211 g/mol. The van der Waals surface area contributed by atoms with E-state index >= 15 is 0 Å². The molecule has 1 aromatic heterocycles. The standard InChI is InChI=1S/C11H15ClN2/c1-9(5-12)6-14-8-11-7-13-4-3-10(11)2/h3-5,7,14H,6,8H2,1-2H3/b9-5-. The van der Waals surface area contributed by atoms with Gasteiger partial charge < -0.3 is 5.32 Å². The molecule has 14 heavy (non-hydrogen) atoms. The first kappa shape index (κ1) is 11.2. The third kappa shape index (κ3) is 3.48. The maximum atomic E-state index is 5.55. The molecule has 1 rings (SSSR count). The lowest BCUT2D eigenvalue weighted by Crippen LogP contribution is -2.16. The quantitative estimate of drug-likeness (QED) is 0.827. The summed E-state index contributed by atoms with van der Waals surface area (Å²) >= 11 is 5.55. The molecule has 0 aliphatic carbocycles. The zero-order valence-corrected chi connectivity index (χ0v) is 9.30. The molecule has 0 saturated carbocycles. The first-order valence-electron chi connectivity index (χ1n) is 4.60. The van der Waals surface area contributed by atoms with E-state index in [4.69, 9.17) is 11.6 Å². The first-order chi connectivity index (χ1) is 6.74. The van der Waals surface area contributed by atoms with Gasteiger partial charge in [-0.15, -0.1) is 0 Å². The highest BCUT2D eigenvalue weighted by molar-refractivity contribution is 6.25. The van der Waals surface area contributed by atoms with Gasteiger partial charge in [0.1, 0.15) is 0 Å². The van der Waals surface area contributed by atoms with E-state index in [1.54, 1.807) is 5.54 Å². The van der Waals surface area contributed by atoms with Gasteiger partial charge >= 0.3 is 0 Å². The van der Waals surface area contributed by atoms with Crippen molar-refractivity contribution in [2.24, 2.45) is 0 Å². The van der Waals surface area contributed by atoms with Gasteiger partial charge in [-0.1, -0.05) is 11.6 Å². The Kier molecular flexibility index (Phi) is 4.63. The molecule has 3 heteroatoms. The molecule has 1 aromatic rings. The van der Waals surface area contributed by atoms with Crippen LogP contribution in [0.15, 0.2) is 29.6 Å². The number of nitrogens with zero attached hydrogens (tertiary/aromatic N) is 1. The lowest BCUT2D eigenvalue weighted by molar-refractivity contribution is 0.734. The molecule has 0 saturated heterocycles. The third-order valence-corrected chi connectivity index (χ3v) is 2.43. The van der Waals surface area contributed by atoms with Crippen LogP contribution in [0.5, 0.6) is 0 Å². The number of aromatic nitrogens is 1. The van der Waals surface area contributed by atoms with Gasteiger partial charge in [0.05, 0.1) is 0 Å². The Bertz CT molecular complexity index is 321. The largest absolute Gasteiger partial charge is 0.309 e. The molecule has 0 unspecified atom stereocenters. The summed E-state index contributed by atoms with van der Waals surface area (Å²) in [5.74, 6) is 0. The SMILES string of the molecule is C/C(=C/Cl)CNCc1cnccc1C. The molecule has 0 bridgehead atoms. The fourth-order valence-electron chi connectivity index (χ4n) is 1.11. The molecule has 0 spiro atoms. The van der Waals surface area contributed by atoms with Crippen molar-refractivity contribution in [3.05, 3.63) is 40.7 Å². The Morgan fingerprint density at radius 3 is 3.07 bits per heavy atom. The molecule has 0 fully saturated rings. The molecule has 0 atom stereocenters. The van der Waals surface area contributed by atoms with Crippen molar-refractivity contribution in [3.8, 4) is 0 Å². The van der Waals surface area contributed by atoms with Crippen LogP contribution in [0.3, 0.4) is 0 Å². The summed E-state index contributed by atoms with van der Waals surface area (Å²) < 4.78 is 0. The van der Waals surface area contributed by atoms with Crippen molar-refractivity contribution < 1.29 is 0 Å². The number of pyridine rings is 1. The van der Waals surface area contributed by atoms with E-state index in [9.17, 15) is 0 Å². The minimum Gasteiger partial charge on any atom is -0.309 e. The Balaban J connectivity index is 2.43. The van der Waals surface area contributed by atoms with E-state index in [1.807, 2.05) is 25.4 Å². The van der Waals surface area contributed by atoms with E-state index in [0.717, 1.165) is 18.7 Å². The van der Waals surface area contributed by atoms with Crippen molar-refractivity contribution >= 4 is 11.6 Å². The molecular formula is C11H15ClN2. The Hall–Kier alpha value is -0.860. The number of rotatable bonds is 4. The summed E-state index contributed by atoms with van der Waals surface area (Å²) in [6.45, 7) is 5.73. The molecule has 0 aliphatic heterocycles. The van der Waals surface area contributed by atoms with Gasteiger partial charge in [0.2, 0.25) is 0 Å². The van der Waals surface area contributed by atoms with Crippen molar-refractivity contribution in [1.29, 1.82) is 0 Å². The maximum Gasteiger partial charge on any atom is 0.0315 e. The Morgan fingerprint density at radius 2 is 2.43 bits per heavy atom. The molecule has 0 aromatic carbocycles. The van der Waals surface area contributed by atoms with Crippen LogP contribution < -0.4 is 5.32 Å². The van der Waals surface area contributed by atoms with Gasteiger partial charge in [-0.05, 0) is 36.6 Å². The smallest absolute Gasteiger partial charge is 0.0315 e. The van der Waals surface area contributed by atoms with Crippen LogP contribution in [0.25, 0.3) is 0 Å². The highest BCUT2D eigenvalue weighted by atomic mass is 35.5. The normalized spacial score (nSPS) is 11.8. The highest BCUT2D eigenvalue weighted by Crippen LogP contribution is 2.04. The molecule has 2 nitrogen and oxygen atoms in total. The molecule has 0 radical (unpaired) electrons. The van der Waals surface area contributed by atoms with Crippen LogP contribution in [-0.2, 0) is 6.54 Å². The highest BCUT2D eigenvalue weighted by Gasteiger charge is 1.96.